The highest BCUT2D eigenvalue weighted by atomic mass is 19.4. The van der Waals surface area contributed by atoms with E-state index in [1.54, 1.807) is 0 Å². The van der Waals surface area contributed by atoms with E-state index in [4.69, 9.17) is 0 Å². The minimum absolute atomic E-state index is 0.0974. The molecule has 3 aliphatic rings. The molecule has 0 radical (unpaired) electrons. The van der Waals surface area contributed by atoms with E-state index in [1.165, 1.54) is 25.0 Å². The van der Waals surface area contributed by atoms with Crippen LogP contribution in [0, 0.1) is 0 Å². The first kappa shape index (κ1) is 24.9. The Hall–Kier alpha value is -2.75. The molecule has 2 saturated heterocycles. The molecule has 2 aromatic carbocycles. The number of likely N-dealkylation sites (tertiary alicyclic amines) is 1. The predicted octanol–water partition coefficient (Wildman–Crippen LogP) is 5.99. The van der Waals surface area contributed by atoms with Crippen LogP contribution in [0.1, 0.15) is 52.7 Å². The first-order chi connectivity index (χ1) is 17.0. The molecular weight excluding hydrogens is 484 g/mol. The normalized spacial score (nSPS) is 19.7. The second-order valence-corrected chi connectivity index (χ2v) is 9.78. The molecule has 0 aliphatic carbocycles. The molecule has 0 N–H and O–H groups in total. The fourth-order valence-electron chi connectivity index (χ4n) is 5.60. The standard InChI is InChI=1S/C26H27F6N3O/c27-25(28,29)19-4-3-17-5-12-35(23(17)16-19)24(36)18-13-20(26(30,31)32)15-22(14-18)34-10-6-21(7-11-34)33-8-1-2-9-33/h3-4,13-16,21H,1-2,5-12H2. The predicted molar refractivity (Wildman–Crippen MR) is 124 cm³/mol. The highest BCUT2D eigenvalue weighted by Crippen LogP contribution is 2.38. The van der Waals surface area contributed by atoms with E-state index < -0.39 is 29.4 Å². The summed E-state index contributed by atoms with van der Waals surface area (Å²) in [6.45, 7) is 3.39. The van der Waals surface area contributed by atoms with Crippen molar-refractivity contribution in [1.29, 1.82) is 0 Å². The number of anilines is 2. The Bertz CT molecular complexity index is 1130. The van der Waals surface area contributed by atoms with Gasteiger partial charge in [0.25, 0.3) is 5.91 Å². The number of carbonyl (C=O) groups excluding carboxylic acids is 1. The second kappa shape index (κ2) is 9.28. The van der Waals surface area contributed by atoms with Crippen molar-refractivity contribution in [3.8, 4) is 0 Å². The van der Waals surface area contributed by atoms with Crippen LogP contribution in [-0.4, -0.2) is 49.6 Å². The summed E-state index contributed by atoms with van der Waals surface area (Å²) in [7, 11) is 0. The van der Waals surface area contributed by atoms with Crippen molar-refractivity contribution in [2.24, 2.45) is 0 Å². The lowest BCUT2D eigenvalue weighted by molar-refractivity contribution is -0.138. The number of halogens is 6. The number of hydrogen-bond donors (Lipinski definition) is 0. The van der Waals surface area contributed by atoms with Gasteiger partial charge < -0.3 is 14.7 Å². The molecule has 194 valence electrons. The fraction of sp³-hybridized carbons (Fsp3) is 0.500. The second-order valence-electron chi connectivity index (χ2n) is 9.78. The zero-order chi connectivity index (χ0) is 25.7. The van der Waals surface area contributed by atoms with E-state index in [-0.39, 0.29) is 17.8 Å². The molecule has 2 fully saturated rings. The number of alkyl halides is 6. The van der Waals surface area contributed by atoms with Gasteiger partial charge in [-0.05, 0) is 81.1 Å². The average molecular weight is 512 g/mol. The summed E-state index contributed by atoms with van der Waals surface area (Å²) in [4.78, 5) is 18.8. The van der Waals surface area contributed by atoms with Crippen molar-refractivity contribution in [3.05, 3.63) is 58.7 Å². The number of benzene rings is 2. The van der Waals surface area contributed by atoms with Crippen molar-refractivity contribution in [3.63, 3.8) is 0 Å². The van der Waals surface area contributed by atoms with E-state index >= 15 is 0 Å². The van der Waals surface area contributed by atoms with Crippen LogP contribution in [0.4, 0.5) is 37.7 Å². The monoisotopic (exact) mass is 511 g/mol. The number of nitrogens with zero attached hydrogens (tertiary/aromatic N) is 3. The van der Waals surface area contributed by atoms with Gasteiger partial charge in [-0.2, -0.15) is 26.3 Å². The number of carbonyl (C=O) groups is 1. The molecule has 0 spiro atoms. The SMILES string of the molecule is O=C(c1cc(N2CCC(N3CCCC3)CC2)cc(C(F)(F)F)c1)N1CCc2ccc(C(F)(F)F)cc21. The Labute approximate surface area is 205 Å². The molecule has 5 rings (SSSR count). The number of piperidine rings is 1. The largest absolute Gasteiger partial charge is 0.416 e. The number of hydrogen-bond acceptors (Lipinski definition) is 3. The third kappa shape index (κ3) is 4.92. The highest BCUT2D eigenvalue weighted by Gasteiger charge is 2.36. The van der Waals surface area contributed by atoms with E-state index in [9.17, 15) is 31.1 Å². The van der Waals surface area contributed by atoms with E-state index in [0.717, 1.165) is 55.1 Å². The smallest absolute Gasteiger partial charge is 0.371 e. The average Bonchev–Trinajstić information content (AvgIpc) is 3.52. The lowest BCUT2D eigenvalue weighted by Crippen LogP contribution is -2.44. The van der Waals surface area contributed by atoms with Gasteiger partial charge in [-0.1, -0.05) is 6.07 Å². The van der Waals surface area contributed by atoms with Crippen molar-refractivity contribution in [2.75, 3.05) is 42.5 Å². The third-order valence-electron chi connectivity index (χ3n) is 7.53. The minimum Gasteiger partial charge on any atom is -0.371 e. The molecule has 0 atom stereocenters. The maximum Gasteiger partial charge on any atom is 0.416 e. The zero-order valence-electron chi connectivity index (χ0n) is 19.6. The Morgan fingerprint density at radius 2 is 1.44 bits per heavy atom. The summed E-state index contributed by atoms with van der Waals surface area (Å²) < 4.78 is 81.0. The van der Waals surface area contributed by atoms with Gasteiger partial charge in [-0.25, -0.2) is 0 Å². The summed E-state index contributed by atoms with van der Waals surface area (Å²) in [6.07, 6.45) is -4.90. The molecule has 2 aromatic rings. The number of fused-ring (bicyclic) bond motifs is 1. The summed E-state index contributed by atoms with van der Waals surface area (Å²) in [5, 5.41) is 0. The van der Waals surface area contributed by atoms with Gasteiger partial charge in [-0.3, -0.25) is 4.79 Å². The van der Waals surface area contributed by atoms with E-state index in [1.807, 2.05) is 4.90 Å². The third-order valence-corrected chi connectivity index (χ3v) is 7.53. The molecule has 0 aromatic heterocycles. The van der Waals surface area contributed by atoms with Crippen LogP contribution in [0.5, 0.6) is 0 Å². The first-order valence-electron chi connectivity index (χ1n) is 12.2. The van der Waals surface area contributed by atoms with Gasteiger partial charge in [0.2, 0.25) is 0 Å². The van der Waals surface area contributed by atoms with Gasteiger partial charge >= 0.3 is 12.4 Å². The zero-order valence-corrected chi connectivity index (χ0v) is 19.6. The van der Waals surface area contributed by atoms with Crippen LogP contribution in [0.15, 0.2) is 36.4 Å². The first-order valence-corrected chi connectivity index (χ1v) is 12.2. The highest BCUT2D eigenvalue weighted by molar-refractivity contribution is 6.08. The molecule has 3 heterocycles. The van der Waals surface area contributed by atoms with Crippen LogP contribution in [-0.2, 0) is 18.8 Å². The van der Waals surface area contributed by atoms with Crippen LogP contribution >= 0.6 is 0 Å². The Kier molecular flexibility index (Phi) is 6.43. The van der Waals surface area contributed by atoms with E-state index in [0.29, 0.717) is 36.8 Å². The minimum atomic E-state index is -4.66. The molecule has 3 aliphatic heterocycles. The molecule has 4 nitrogen and oxygen atoms in total. The Morgan fingerprint density at radius 3 is 2.08 bits per heavy atom. The molecule has 10 heteroatoms. The van der Waals surface area contributed by atoms with Crippen molar-refractivity contribution < 1.29 is 31.1 Å². The maximum atomic E-state index is 13.8. The van der Waals surface area contributed by atoms with Gasteiger partial charge in [0.15, 0.2) is 0 Å². The molecule has 0 unspecified atom stereocenters. The molecular formula is C26H27F6N3O. The summed E-state index contributed by atoms with van der Waals surface area (Å²) in [5.74, 6) is -0.729. The summed E-state index contributed by atoms with van der Waals surface area (Å²) in [5.41, 5.74) is -1.03. The van der Waals surface area contributed by atoms with Crippen LogP contribution in [0.25, 0.3) is 0 Å². The molecule has 1 amide bonds. The molecule has 0 bridgehead atoms. The molecule has 0 saturated carbocycles. The fourth-order valence-corrected chi connectivity index (χ4v) is 5.60. The van der Waals surface area contributed by atoms with Gasteiger partial charge in [0, 0.05) is 42.6 Å². The Morgan fingerprint density at radius 1 is 0.778 bits per heavy atom. The number of amides is 1. The lowest BCUT2D eigenvalue weighted by atomic mass is 10.0. The van der Waals surface area contributed by atoms with E-state index in [2.05, 4.69) is 4.90 Å². The maximum absolute atomic E-state index is 13.8. The topological polar surface area (TPSA) is 26.8 Å². The molecule has 36 heavy (non-hydrogen) atoms. The number of rotatable bonds is 3. The summed E-state index contributed by atoms with van der Waals surface area (Å²) in [6, 6.07) is 6.91. The van der Waals surface area contributed by atoms with Gasteiger partial charge in [0.05, 0.1) is 11.1 Å². The quantitative estimate of drug-likeness (QED) is 0.474. The van der Waals surface area contributed by atoms with Gasteiger partial charge in [0.1, 0.15) is 0 Å². The summed E-state index contributed by atoms with van der Waals surface area (Å²) >= 11 is 0. The van der Waals surface area contributed by atoms with Crippen LogP contribution in [0.3, 0.4) is 0 Å². The lowest BCUT2D eigenvalue weighted by Gasteiger charge is -2.38. The Balaban J connectivity index is 1.42. The van der Waals surface area contributed by atoms with Crippen LogP contribution in [0.2, 0.25) is 0 Å². The van der Waals surface area contributed by atoms with Crippen molar-refractivity contribution >= 4 is 17.3 Å². The van der Waals surface area contributed by atoms with Crippen molar-refractivity contribution in [2.45, 2.75) is 50.5 Å². The van der Waals surface area contributed by atoms with Gasteiger partial charge in [-0.15, -0.1) is 0 Å². The van der Waals surface area contributed by atoms with Crippen LogP contribution < -0.4 is 9.80 Å². The van der Waals surface area contributed by atoms with Crippen molar-refractivity contribution in [1.82, 2.24) is 4.90 Å².